The van der Waals surface area contributed by atoms with Crippen LogP contribution in [0.3, 0.4) is 0 Å². The molecule has 1 aromatic rings. The molecule has 1 aliphatic heterocycles. The quantitative estimate of drug-likeness (QED) is 0.589. The monoisotopic (exact) mass is 296 g/mol. The van der Waals surface area contributed by atoms with Gasteiger partial charge in [-0.15, -0.1) is 0 Å². The SMILES string of the molecule is O=C(NCc1ccc2c(c1)OCO2)NC(CCO)C(=O)O. The summed E-state index contributed by atoms with van der Waals surface area (Å²) in [7, 11) is 0. The van der Waals surface area contributed by atoms with Crippen LogP contribution in [0.5, 0.6) is 11.5 Å². The van der Waals surface area contributed by atoms with Crippen LogP contribution in [0.4, 0.5) is 4.79 Å². The van der Waals surface area contributed by atoms with Crippen LogP contribution in [-0.4, -0.2) is 41.7 Å². The lowest BCUT2D eigenvalue weighted by Crippen LogP contribution is -2.46. The number of carboxylic acids is 1. The Morgan fingerprint density at radius 1 is 1.29 bits per heavy atom. The second kappa shape index (κ2) is 6.80. The molecule has 2 rings (SSSR count). The number of urea groups is 1. The van der Waals surface area contributed by atoms with E-state index in [-0.39, 0.29) is 26.4 Å². The summed E-state index contributed by atoms with van der Waals surface area (Å²) in [4.78, 5) is 22.5. The maximum Gasteiger partial charge on any atom is 0.326 e. The molecule has 0 fully saturated rings. The van der Waals surface area contributed by atoms with Gasteiger partial charge in [0.05, 0.1) is 0 Å². The Bertz CT molecular complexity index is 533. The van der Waals surface area contributed by atoms with Crippen LogP contribution in [0.2, 0.25) is 0 Å². The van der Waals surface area contributed by atoms with Crippen LogP contribution in [0.1, 0.15) is 12.0 Å². The van der Waals surface area contributed by atoms with Crippen LogP contribution in [0.15, 0.2) is 18.2 Å². The van der Waals surface area contributed by atoms with E-state index in [0.717, 1.165) is 5.56 Å². The zero-order valence-electron chi connectivity index (χ0n) is 11.2. The third-order valence-electron chi connectivity index (χ3n) is 2.91. The van der Waals surface area contributed by atoms with Crippen LogP contribution in [0.25, 0.3) is 0 Å². The van der Waals surface area contributed by atoms with E-state index < -0.39 is 18.0 Å². The number of aliphatic hydroxyl groups excluding tert-OH is 1. The zero-order chi connectivity index (χ0) is 15.2. The number of hydrogen-bond donors (Lipinski definition) is 4. The van der Waals surface area contributed by atoms with E-state index in [1.54, 1.807) is 18.2 Å². The molecule has 1 aromatic carbocycles. The Labute approximate surface area is 120 Å². The molecule has 0 spiro atoms. The van der Waals surface area contributed by atoms with Crippen molar-refractivity contribution >= 4 is 12.0 Å². The molecule has 8 nitrogen and oxygen atoms in total. The molecule has 1 heterocycles. The van der Waals surface area contributed by atoms with Crippen molar-refractivity contribution in [1.82, 2.24) is 10.6 Å². The number of amides is 2. The second-order valence-electron chi connectivity index (χ2n) is 4.42. The van der Waals surface area contributed by atoms with E-state index in [1.807, 2.05) is 0 Å². The molecular formula is C13H16N2O6. The van der Waals surface area contributed by atoms with Gasteiger partial charge < -0.3 is 30.3 Å². The molecule has 2 amide bonds. The Kier molecular flexibility index (Phi) is 4.83. The fourth-order valence-corrected chi connectivity index (χ4v) is 1.83. The number of fused-ring (bicyclic) bond motifs is 1. The number of rotatable bonds is 6. The van der Waals surface area contributed by atoms with E-state index in [2.05, 4.69) is 10.6 Å². The molecule has 1 aliphatic rings. The van der Waals surface area contributed by atoms with Gasteiger partial charge in [0.15, 0.2) is 11.5 Å². The molecule has 0 radical (unpaired) electrons. The number of carbonyl (C=O) groups excluding carboxylic acids is 1. The molecular weight excluding hydrogens is 280 g/mol. The first kappa shape index (κ1) is 14.9. The van der Waals surface area contributed by atoms with Gasteiger partial charge >= 0.3 is 12.0 Å². The minimum atomic E-state index is -1.19. The highest BCUT2D eigenvalue weighted by Crippen LogP contribution is 2.32. The van der Waals surface area contributed by atoms with Crippen LogP contribution >= 0.6 is 0 Å². The molecule has 1 unspecified atom stereocenters. The van der Waals surface area contributed by atoms with Gasteiger partial charge in [0.25, 0.3) is 0 Å². The minimum Gasteiger partial charge on any atom is -0.480 e. The van der Waals surface area contributed by atoms with Crippen LogP contribution in [-0.2, 0) is 11.3 Å². The van der Waals surface area contributed by atoms with E-state index in [1.165, 1.54) is 0 Å². The predicted molar refractivity (Wildman–Crippen MR) is 71.1 cm³/mol. The van der Waals surface area contributed by atoms with Gasteiger partial charge in [-0.3, -0.25) is 0 Å². The third kappa shape index (κ3) is 3.99. The minimum absolute atomic E-state index is 0.0488. The van der Waals surface area contributed by atoms with Gasteiger partial charge in [0, 0.05) is 19.6 Å². The molecule has 0 saturated heterocycles. The summed E-state index contributed by atoms with van der Waals surface area (Å²) in [6.07, 6.45) is -0.0488. The van der Waals surface area contributed by atoms with Gasteiger partial charge in [-0.1, -0.05) is 6.07 Å². The maximum atomic E-state index is 11.6. The van der Waals surface area contributed by atoms with Crippen LogP contribution in [0, 0.1) is 0 Å². The summed E-state index contributed by atoms with van der Waals surface area (Å²) in [6.45, 7) is 0.0709. The second-order valence-corrected chi connectivity index (χ2v) is 4.42. The predicted octanol–water partition coefficient (Wildman–Crippen LogP) is 0.0501. The summed E-state index contributed by atoms with van der Waals surface area (Å²) >= 11 is 0. The number of nitrogens with one attached hydrogen (secondary N) is 2. The average molecular weight is 296 g/mol. The van der Waals surface area contributed by atoms with Crippen molar-refractivity contribution in [2.45, 2.75) is 19.0 Å². The lowest BCUT2D eigenvalue weighted by atomic mass is 10.2. The lowest BCUT2D eigenvalue weighted by molar-refractivity contribution is -0.139. The normalized spacial score (nSPS) is 13.6. The van der Waals surface area contributed by atoms with Gasteiger partial charge in [0.2, 0.25) is 6.79 Å². The van der Waals surface area contributed by atoms with Crippen LogP contribution < -0.4 is 20.1 Å². The molecule has 114 valence electrons. The van der Waals surface area contributed by atoms with Crippen molar-refractivity contribution in [2.24, 2.45) is 0 Å². The highest BCUT2D eigenvalue weighted by atomic mass is 16.7. The van der Waals surface area contributed by atoms with Gasteiger partial charge in [-0.2, -0.15) is 0 Å². The Morgan fingerprint density at radius 3 is 2.76 bits per heavy atom. The molecule has 0 saturated carbocycles. The standard InChI is InChI=1S/C13H16N2O6/c16-4-3-9(12(17)18)15-13(19)14-6-8-1-2-10-11(5-8)21-7-20-10/h1-2,5,9,16H,3-4,6-7H2,(H,17,18)(H2,14,15,19). The molecule has 8 heteroatoms. The number of carboxylic acid groups (broad SMARTS) is 1. The maximum absolute atomic E-state index is 11.6. The number of aliphatic hydroxyl groups is 1. The van der Waals surface area contributed by atoms with E-state index in [9.17, 15) is 9.59 Å². The molecule has 1 atom stereocenters. The Balaban J connectivity index is 1.84. The number of aliphatic carboxylic acids is 1. The van der Waals surface area contributed by atoms with E-state index >= 15 is 0 Å². The molecule has 4 N–H and O–H groups in total. The third-order valence-corrected chi connectivity index (χ3v) is 2.91. The number of ether oxygens (including phenoxy) is 2. The van der Waals surface area contributed by atoms with Crippen molar-refractivity contribution in [2.75, 3.05) is 13.4 Å². The number of benzene rings is 1. The van der Waals surface area contributed by atoms with E-state index in [4.69, 9.17) is 19.7 Å². The summed E-state index contributed by atoms with van der Waals surface area (Å²) in [6, 6.07) is 3.52. The zero-order valence-corrected chi connectivity index (χ0v) is 11.2. The fourth-order valence-electron chi connectivity index (χ4n) is 1.83. The van der Waals surface area contributed by atoms with Gasteiger partial charge in [0.1, 0.15) is 6.04 Å². The van der Waals surface area contributed by atoms with Crippen molar-refractivity contribution in [3.8, 4) is 11.5 Å². The summed E-state index contributed by atoms with van der Waals surface area (Å²) < 4.78 is 10.4. The van der Waals surface area contributed by atoms with Gasteiger partial charge in [-0.05, 0) is 17.7 Å². The first-order valence-electron chi connectivity index (χ1n) is 6.36. The average Bonchev–Trinajstić information content (AvgIpc) is 2.92. The fraction of sp³-hybridized carbons (Fsp3) is 0.385. The van der Waals surface area contributed by atoms with E-state index in [0.29, 0.717) is 11.5 Å². The topological polar surface area (TPSA) is 117 Å². The first-order chi connectivity index (χ1) is 10.1. The van der Waals surface area contributed by atoms with Crippen molar-refractivity contribution in [3.63, 3.8) is 0 Å². The number of hydrogen-bond acceptors (Lipinski definition) is 5. The highest BCUT2D eigenvalue weighted by Gasteiger charge is 2.19. The van der Waals surface area contributed by atoms with Crippen molar-refractivity contribution in [3.05, 3.63) is 23.8 Å². The molecule has 0 bridgehead atoms. The number of carbonyl (C=O) groups is 2. The summed E-state index contributed by atoms with van der Waals surface area (Å²) in [5, 5.41) is 22.4. The largest absolute Gasteiger partial charge is 0.480 e. The Morgan fingerprint density at radius 2 is 2.05 bits per heavy atom. The summed E-state index contributed by atoms with van der Waals surface area (Å²) in [5.74, 6) is 0.0674. The van der Waals surface area contributed by atoms with Crippen molar-refractivity contribution in [1.29, 1.82) is 0 Å². The Hall–Kier alpha value is -2.48. The van der Waals surface area contributed by atoms with Crippen molar-refractivity contribution < 1.29 is 29.3 Å². The first-order valence-corrected chi connectivity index (χ1v) is 6.36. The highest BCUT2D eigenvalue weighted by molar-refractivity contribution is 5.82. The lowest BCUT2D eigenvalue weighted by Gasteiger charge is -2.14. The molecule has 0 aliphatic carbocycles. The molecule has 0 aromatic heterocycles. The smallest absolute Gasteiger partial charge is 0.326 e. The summed E-state index contributed by atoms with van der Waals surface area (Å²) in [5.41, 5.74) is 0.795. The van der Waals surface area contributed by atoms with Gasteiger partial charge in [-0.25, -0.2) is 9.59 Å². The molecule has 21 heavy (non-hydrogen) atoms.